The smallest absolute Gasteiger partial charge is 0.167 e. The monoisotopic (exact) mass is 324 g/mol. The van der Waals surface area contributed by atoms with E-state index in [-0.39, 0.29) is 11.6 Å². The standard InChI is InChI=1S/C15H14BrFO2/c1-2-18-12-6-8-13(9-7-12)19-15-11(10-16)4-3-5-14(15)17/h3-9H,2,10H2,1H3. The second kappa shape index (κ2) is 6.57. The Hall–Kier alpha value is -1.55. The lowest BCUT2D eigenvalue weighted by atomic mass is 10.2. The molecule has 2 rings (SSSR count). The van der Waals surface area contributed by atoms with Gasteiger partial charge in [0.05, 0.1) is 6.61 Å². The van der Waals surface area contributed by atoms with Crippen molar-refractivity contribution in [3.8, 4) is 17.2 Å². The predicted molar refractivity (Wildman–Crippen MR) is 76.7 cm³/mol. The SMILES string of the molecule is CCOc1ccc(Oc2c(F)cccc2CBr)cc1. The normalized spacial score (nSPS) is 10.3. The summed E-state index contributed by atoms with van der Waals surface area (Å²) in [5, 5.41) is 0.539. The van der Waals surface area contributed by atoms with Crippen molar-refractivity contribution in [2.24, 2.45) is 0 Å². The fourth-order valence-electron chi connectivity index (χ4n) is 1.66. The van der Waals surface area contributed by atoms with Crippen LogP contribution in [-0.4, -0.2) is 6.61 Å². The van der Waals surface area contributed by atoms with Crippen LogP contribution >= 0.6 is 15.9 Å². The molecule has 0 fully saturated rings. The summed E-state index contributed by atoms with van der Waals surface area (Å²) in [6, 6.07) is 12.0. The topological polar surface area (TPSA) is 18.5 Å². The maximum Gasteiger partial charge on any atom is 0.167 e. The van der Waals surface area contributed by atoms with Gasteiger partial charge in [-0.25, -0.2) is 4.39 Å². The molecule has 2 aromatic carbocycles. The van der Waals surface area contributed by atoms with Crippen molar-refractivity contribution in [1.29, 1.82) is 0 Å². The molecule has 100 valence electrons. The molecule has 0 saturated heterocycles. The van der Waals surface area contributed by atoms with Crippen molar-refractivity contribution in [3.63, 3.8) is 0 Å². The Labute approximate surface area is 120 Å². The third kappa shape index (κ3) is 3.47. The first kappa shape index (κ1) is 13.9. The van der Waals surface area contributed by atoms with E-state index >= 15 is 0 Å². The van der Waals surface area contributed by atoms with Crippen molar-refractivity contribution < 1.29 is 13.9 Å². The first-order valence-electron chi connectivity index (χ1n) is 5.98. The molecule has 0 spiro atoms. The Morgan fingerprint density at radius 2 is 1.74 bits per heavy atom. The van der Waals surface area contributed by atoms with Crippen LogP contribution in [0.3, 0.4) is 0 Å². The highest BCUT2D eigenvalue weighted by molar-refractivity contribution is 9.08. The molecular weight excluding hydrogens is 311 g/mol. The Morgan fingerprint density at radius 3 is 2.37 bits per heavy atom. The van der Waals surface area contributed by atoms with Crippen molar-refractivity contribution >= 4 is 15.9 Å². The van der Waals surface area contributed by atoms with Crippen molar-refractivity contribution in [1.82, 2.24) is 0 Å². The van der Waals surface area contributed by atoms with Crippen LogP contribution in [0.15, 0.2) is 42.5 Å². The highest BCUT2D eigenvalue weighted by Crippen LogP contribution is 2.30. The van der Waals surface area contributed by atoms with Crippen molar-refractivity contribution in [3.05, 3.63) is 53.8 Å². The first-order chi connectivity index (χ1) is 9.24. The van der Waals surface area contributed by atoms with E-state index < -0.39 is 0 Å². The summed E-state index contributed by atoms with van der Waals surface area (Å²) in [4.78, 5) is 0. The van der Waals surface area contributed by atoms with E-state index in [1.165, 1.54) is 6.07 Å². The van der Waals surface area contributed by atoms with Crippen molar-refractivity contribution in [2.75, 3.05) is 6.61 Å². The van der Waals surface area contributed by atoms with Gasteiger partial charge in [-0.15, -0.1) is 0 Å². The molecule has 0 saturated carbocycles. The summed E-state index contributed by atoms with van der Waals surface area (Å²) in [7, 11) is 0. The van der Waals surface area contributed by atoms with Crippen LogP contribution in [0.25, 0.3) is 0 Å². The lowest BCUT2D eigenvalue weighted by molar-refractivity contribution is 0.339. The maximum atomic E-state index is 13.8. The zero-order valence-corrected chi connectivity index (χ0v) is 12.1. The molecule has 0 bridgehead atoms. The molecular formula is C15H14BrFO2. The molecule has 0 heterocycles. The average Bonchev–Trinajstić information content (AvgIpc) is 2.43. The van der Waals surface area contributed by atoms with Crippen LogP contribution in [0.1, 0.15) is 12.5 Å². The zero-order valence-electron chi connectivity index (χ0n) is 10.5. The van der Waals surface area contributed by atoms with Gasteiger partial charge in [-0.05, 0) is 37.3 Å². The number of halogens is 2. The number of hydrogen-bond donors (Lipinski definition) is 0. The van der Waals surface area contributed by atoms with Gasteiger partial charge in [-0.3, -0.25) is 0 Å². The van der Waals surface area contributed by atoms with Crippen molar-refractivity contribution in [2.45, 2.75) is 12.3 Å². The van der Waals surface area contributed by atoms with E-state index in [1.54, 1.807) is 30.3 Å². The quantitative estimate of drug-likeness (QED) is 0.727. The molecule has 19 heavy (non-hydrogen) atoms. The lowest BCUT2D eigenvalue weighted by Gasteiger charge is -2.11. The fourth-order valence-corrected chi connectivity index (χ4v) is 2.10. The molecule has 2 aromatic rings. The largest absolute Gasteiger partial charge is 0.494 e. The summed E-state index contributed by atoms with van der Waals surface area (Å²) in [5.41, 5.74) is 0.772. The van der Waals surface area contributed by atoms with Gasteiger partial charge in [0.15, 0.2) is 11.6 Å². The van der Waals surface area contributed by atoms with Gasteiger partial charge in [0.2, 0.25) is 0 Å². The Kier molecular flexibility index (Phi) is 4.80. The van der Waals surface area contributed by atoms with Gasteiger partial charge >= 0.3 is 0 Å². The minimum absolute atomic E-state index is 0.253. The molecule has 0 atom stereocenters. The highest BCUT2D eigenvalue weighted by atomic mass is 79.9. The van der Waals surface area contributed by atoms with Crippen LogP contribution in [0.5, 0.6) is 17.2 Å². The molecule has 4 heteroatoms. The summed E-state index contributed by atoms with van der Waals surface area (Å²) in [6.45, 7) is 2.54. The fraction of sp³-hybridized carbons (Fsp3) is 0.200. The van der Waals surface area contributed by atoms with E-state index in [1.807, 2.05) is 13.0 Å². The molecule has 0 amide bonds. The number of rotatable bonds is 5. The summed E-state index contributed by atoms with van der Waals surface area (Å²) >= 11 is 3.32. The second-order valence-electron chi connectivity index (χ2n) is 3.87. The summed E-state index contributed by atoms with van der Waals surface area (Å²) in [6.07, 6.45) is 0. The Balaban J connectivity index is 2.21. The summed E-state index contributed by atoms with van der Waals surface area (Å²) < 4.78 is 24.7. The van der Waals surface area contributed by atoms with E-state index in [9.17, 15) is 4.39 Å². The van der Waals surface area contributed by atoms with Gasteiger partial charge in [0.1, 0.15) is 11.5 Å². The number of benzene rings is 2. The van der Waals surface area contributed by atoms with E-state index in [0.717, 1.165) is 11.3 Å². The third-order valence-corrected chi connectivity index (χ3v) is 3.15. The molecule has 0 aliphatic carbocycles. The molecule has 2 nitrogen and oxygen atoms in total. The number of para-hydroxylation sites is 1. The van der Waals surface area contributed by atoms with E-state index in [0.29, 0.717) is 17.7 Å². The van der Waals surface area contributed by atoms with Gasteiger partial charge in [0.25, 0.3) is 0 Å². The van der Waals surface area contributed by atoms with Crippen LogP contribution in [-0.2, 0) is 5.33 Å². The molecule has 0 aromatic heterocycles. The lowest BCUT2D eigenvalue weighted by Crippen LogP contribution is -1.94. The minimum atomic E-state index is -0.370. The highest BCUT2D eigenvalue weighted by Gasteiger charge is 2.10. The van der Waals surface area contributed by atoms with Crippen LogP contribution in [0.4, 0.5) is 4.39 Å². The average molecular weight is 325 g/mol. The van der Waals surface area contributed by atoms with Gasteiger partial charge in [-0.2, -0.15) is 0 Å². The van der Waals surface area contributed by atoms with E-state index in [2.05, 4.69) is 15.9 Å². The molecule has 0 N–H and O–H groups in total. The first-order valence-corrected chi connectivity index (χ1v) is 7.10. The Bertz CT molecular complexity index is 540. The number of ether oxygens (including phenoxy) is 2. The minimum Gasteiger partial charge on any atom is -0.494 e. The maximum absolute atomic E-state index is 13.8. The number of alkyl halides is 1. The molecule has 0 aliphatic rings. The van der Waals surface area contributed by atoms with Crippen LogP contribution in [0, 0.1) is 5.82 Å². The van der Waals surface area contributed by atoms with Gasteiger partial charge < -0.3 is 9.47 Å². The molecule has 0 unspecified atom stereocenters. The van der Waals surface area contributed by atoms with E-state index in [4.69, 9.17) is 9.47 Å². The third-order valence-electron chi connectivity index (χ3n) is 2.55. The molecule has 0 radical (unpaired) electrons. The Morgan fingerprint density at radius 1 is 1.05 bits per heavy atom. The zero-order chi connectivity index (χ0) is 13.7. The predicted octanol–water partition coefficient (Wildman–Crippen LogP) is 4.91. The van der Waals surface area contributed by atoms with Crippen LogP contribution < -0.4 is 9.47 Å². The van der Waals surface area contributed by atoms with Gasteiger partial charge in [-0.1, -0.05) is 28.1 Å². The van der Waals surface area contributed by atoms with Crippen LogP contribution in [0.2, 0.25) is 0 Å². The number of hydrogen-bond acceptors (Lipinski definition) is 2. The molecule has 0 aliphatic heterocycles. The van der Waals surface area contributed by atoms with Gasteiger partial charge in [0, 0.05) is 10.9 Å². The second-order valence-corrected chi connectivity index (χ2v) is 4.43. The summed E-state index contributed by atoms with van der Waals surface area (Å²) in [5.74, 6) is 1.23.